The molecule has 10 heteroatoms. The molecule has 0 spiro atoms. The van der Waals surface area contributed by atoms with E-state index in [1.807, 2.05) is 0 Å². The molecule has 0 atom stereocenters. The normalized spacial score (nSPS) is 11.4. The summed E-state index contributed by atoms with van der Waals surface area (Å²) in [5.41, 5.74) is 0.161. The van der Waals surface area contributed by atoms with Gasteiger partial charge in [-0.1, -0.05) is 5.21 Å². The highest BCUT2D eigenvalue weighted by molar-refractivity contribution is 5.44. The van der Waals surface area contributed by atoms with Crippen LogP contribution in [0.1, 0.15) is 11.4 Å². The number of aromatic nitrogens is 4. The summed E-state index contributed by atoms with van der Waals surface area (Å²) >= 11 is 0. The summed E-state index contributed by atoms with van der Waals surface area (Å²) in [5, 5.41) is 10.6. The van der Waals surface area contributed by atoms with Crippen LogP contribution in [0.4, 0.5) is 23.2 Å². The van der Waals surface area contributed by atoms with E-state index in [1.54, 1.807) is 12.3 Å². The standard InChI is InChI=1S/C16H13F4N5O/c1-26-14-3-2-12(7-13(14)17)25-9-11(23-24-25)8-22-10-4-5-21-15(6-10)16(18,19)20/h2-7,9H,8H2,1H3,(H,21,22). The highest BCUT2D eigenvalue weighted by Gasteiger charge is 2.32. The SMILES string of the molecule is COc1ccc(-n2cc(CNc3ccnc(C(F)(F)F)c3)nn2)cc1F. The number of alkyl halides is 3. The Balaban J connectivity index is 1.70. The number of rotatable bonds is 5. The molecular weight excluding hydrogens is 354 g/mol. The molecule has 2 heterocycles. The van der Waals surface area contributed by atoms with Crippen molar-refractivity contribution in [3.8, 4) is 11.4 Å². The van der Waals surface area contributed by atoms with Crippen molar-refractivity contribution in [1.29, 1.82) is 0 Å². The lowest BCUT2D eigenvalue weighted by Gasteiger charge is -2.08. The van der Waals surface area contributed by atoms with Crippen LogP contribution in [0.2, 0.25) is 0 Å². The second kappa shape index (κ2) is 6.98. The lowest BCUT2D eigenvalue weighted by atomic mass is 10.3. The van der Waals surface area contributed by atoms with E-state index in [-0.39, 0.29) is 18.0 Å². The van der Waals surface area contributed by atoms with Gasteiger partial charge in [0.15, 0.2) is 11.6 Å². The Labute approximate surface area is 145 Å². The third kappa shape index (κ3) is 3.90. The second-order valence-corrected chi connectivity index (χ2v) is 5.25. The fraction of sp³-hybridized carbons (Fsp3) is 0.188. The fourth-order valence-corrected chi connectivity index (χ4v) is 2.19. The van der Waals surface area contributed by atoms with Crippen molar-refractivity contribution in [1.82, 2.24) is 20.0 Å². The molecule has 26 heavy (non-hydrogen) atoms. The minimum atomic E-state index is -4.51. The lowest BCUT2D eigenvalue weighted by Crippen LogP contribution is -2.09. The molecule has 6 nitrogen and oxygen atoms in total. The molecule has 1 N–H and O–H groups in total. The molecule has 136 valence electrons. The molecule has 0 saturated carbocycles. The number of hydrogen-bond acceptors (Lipinski definition) is 5. The van der Waals surface area contributed by atoms with Crippen LogP contribution in [0.25, 0.3) is 5.69 Å². The molecule has 0 aliphatic rings. The molecule has 0 aliphatic heterocycles. The molecular formula is C16H13F4N5O. The topological polar surface area (TPSA) is 64.9 Å². The first-order valence-corrected chi connectivity index (χ1v) is 7.39. The number of benzene rings is 1. The number of nitrogens with zero attached hydrogens (tertiary/aromatic N) is 4. The second-order valence-electron chi connectivity index (χ2n) is 5.25. The van der Waals surface area contributed by atoms with Gasteiger partial charge in [0.25, 0.3) is 0 Å². The summed E-state index contributed by atoms with van der Waals surface area (Å²) < 4.78 is 57.9. The maximum atomic E-state index is 13.7. The van der Waals surface area contributed by atoms with Crippen LogP contribution < -0.4 is 10.1 Å². The maximum absolute atomic E-state index is 13.7. The van der Waals surface area contributed by atoms with E-state index in [2.05, 4.69) is 20.6 Å². The zero-order chi connectivity index (χ0) is 18.7. The van der Waals surface area contributed by atoms with Crippen LogP contribution in [-0.2, 0) is 12.7 Å². The number of halogens is 4. The number of anilines is 1. The smallest absolute Gasteiger partial charge is 0.433 e. The number of pyridine rings is 1. The van der Waals surface area contributed by atoms with Crippen molar-refractivity contribution in [3.05, 3.63) is 59.9 Å². The Bertz CT molecular complexity index is 910. The zero-order valence-electron chi connectivity index (χ0n) is 13.5. The van der Waals surface area contributed by atoms with Crippen LogP contribution in [0, 0.1) is 5.82 Å². The van der Waals surface area contributed by atoms with E-state index < -0.39 is 17.7 Å². The number of methoxy groups -OCH3 is 1. The number of nitrogens with one attached hydrogen (secondary N) is 1. The average molecular weight is 367 g/mol. The first-order valence-electron chi connectivity index (χ1n) is 7.39. The predicted molar refractivity (Wildman–Crippen MR) is 84.4 cm³/mol. The van der Waals surface area contributed by atoms with Gasteiger partial charge in [-0.25, -0.2) is 9.07 Å². The molecule has 3 aromatic rings. The minimum Gasteiger partial charge on any atom is -0.494 e. The first-order chi connectivity index (χ1) is 12.4. The summed E-state index contributed by atoms with van der Waals surface area (Å²) in [4.78, 5) is 3.29. The highest BCUT2D eigenvalue weighted by Crippen LogP contribution is 2.28. The Morgan fingerprint density at radius 1 is 1.19 bits per heavy atom. The fourth-order valence-electron chi connectivity index (χ4n) is 2.19. The third-order valence-electron chi connectivity index (χ3n) is 3.46. The van der Waals surface area contributed by atoms with Gasteiger partial charge in [0.1, 0.15) is 11.4 Å². The summed E-state index contributed by atoms with van der Waals surface area (Å²) in [6.45, 7) is 0.139. The highest BCUT2D eigenvalue weighted by atomic mass is 19.4. The molecule has 0 amide bonds. The van der Waals surface area contributed by atoms with Crippen LogP contribution in [0.15, 0.2) is 42.7 Å². The summed E-state index contributed by atoms with van der Waals surface area (Å²) in [6.07, 6.45) is -1.90. The van der Waals surface area contributed by atoms with E-state index in [0.29, 0.717) is 11.4 Å². The molecule has 1 aromatic carbocycles. The van der Waals surface area contributed by atoms with Gasteiger partial charge in [-0.3, -0.25) is 4.98 Å². The van der Waals surface area contributed by atoms with E-state index in [4.69, 9.17) is 4.74 Å². The van der Waals surface area contributed by atoms with Crippen LogP contribution in [0.3, 0.4) is 0 Å². The Hall–Kier alpha value is -3.17. The van der Waals surface area contributed by atoms with Crippen molar-refractivity contribution in [2.75, 3.05) is 12.4 Å². The molecule has 0 bridgehead atoms. The summed E-state index contributed by atoms with van der Waals surface area (Å²) in [5.74, 6) is -0.439. The minimum absolute atomic E-state index is 0.105. The largest absolute Gasteiger partial charge is 0.494 e. The predicted octanol–water partition coefficient (Wildman–Crippen LogP) is 3.44. The Morgan fingerprint density at radius 2 is 2.00 bits per heavy atom. The van der Waals surface area contributed by atoms with E-state index in [1.165, 1.54) is 30.0 Å². The number of hydrogen-bond donors (Lipinski definition) is 1. The van der Waals surface area contributed by atoms with Gasteiger partial charge in [-0.2, -0.15) is 13.2 Å². The quantitative estimate of drug-likeness (QED) is 0.700. The zero-order valence-corrected chi connectivity index (χ0v) is 13.5. The van der Waals surface area contributed by atoms with Gasteiger partial charge in [0.05, 0.1) is 25.5 Å². The van der Waals surface area contributed by atoms with Gasteiger partial charge in [0, 0.05) is 18.0 Å². The maximum Gasteiger partial charge on any atom is 0.433 e. The van der Waals surface area contributed by atoms with Gasteiger partial charge < -0.3 is 10.1 Å². The molecule has 0 unspecified atom stereocenters. The van der Waals surface area contributed by atoms with Crippen molar-refractivity contribution < 1.29 is 22.3 Å². The summed E-state index contributed by atoms with van der Waals surface area (Å²) in [7, 11) is 1.36. The van der Waals surface area contributed by atoms with Crippen molar-refractivity contribution in [3.63, 3.8) is 0 Å². The lowest BCUT2D eigenvalue weighted by molar-refractivity contribution is -0.141. The summed E-state index contributed by atoms with van der Waals surface area (Å²) in [6, 6.07) is 6.62. The van der Waals surface area contributed by atoms with E-state index >= 15 is 0 Å². The molecule has 0 saturated heterocycles. The molecule has 2 aromatic heterocycles. The Kier molecular flexibility index (Phi) is 4.74. The molecule has 0 fully saturated rings. The number of ether oxygens (including phenoxy) is 1. The van der Waals surface area contributed by atoms with Crippen molar-refractivity contribution in [2.24, 2.45) is 0 Å². The molecule has 0 aliphatic carbocycles. The molecule has 3 rings (SSSR count). The van der Waals surface area contributed by atoms with Gasteiger partial charge in [-0.05, 0) is 24.3 Å². The monoisotopic (exact) mass is 367 g/mol. The average Bonchev–Trinajstić information content (AvgIpc) is 3.08. The van der Waals surface area contributed by atoms with Gasteiger partial charge in [0.2, 0.25) is 0 Å². The van der Waals surface area contributed by atoms with Gasteiger partial charge >= 0.3 is 6.18 Å². The van der Waals surface area contributed by atoms with Crippen LogP contribution >= 0.6 is 0 Å². The van der Waals surface area contributed by atoms with Crippen molar-refractivity contribution >= 4 is 5.69 Å². The molecule has 0 radical (unpaired) electrons. The van der Waals surface area contributed by atoms with Gasteiger partial charge in [-0.15, -0.1) is 5.10 Å². The van der Waals surface area contributed by atoms with Crippen molar-refractivity contribution in [2.45, 2.75) is 12.7 Å². The first kappa shape index (κ1) is 17.6. The van der Waals surface area contributed by atoms with Crippen LogP contribution in [0.5, 0.6) is 5.75 Å². The Morgan fingerprint density at radius 3 is 2.69 bits per heavy atom. The van der Waals surface area contributed by atoms with Crippen LogP contribution in [-0.4, -0.2) is 27.1 Å². The van der Waals surface area contributed by atoms with E-state index in [9.17, 15) is 17.6 Å². The third-order valence-corrected chi connectivity index (χ3v) is 3.46. The van der Waals surface area contributed by atoms with E-state index in [0.717, 1.165) is 12.3 Å².